The van der Waals surface area contributed by atoms with E-state index in [-0.39, 0.29) is 11.8 Å². The molecule has 5 heteroatoms. The number of hydrogen-bond acceptors (Lipinski definition) is 2. The average molecular weight is 233 g/mol. The third-order valence-corrected chi connectivity index (χ3v) is 2.12. The fourth-order valence-electron chi connectivity index (χ4n) is 1.47. The van der Waals surface area contributed by atoms with Gasteiger partial charge >= 0.3 is 6.36 Å². The van der Waals surface area contributed by atoms with Crippen LogP contribution in [0.4, 0.5) is 13.2 Å². The van der Waals surface area contributed by atoms with Gasteiger partial charge in [0.25, 0.3) is 0 Å². The Morgan fingerprint density at radius 2 is 1.94 bits per heavy atom. The smallest absolute Gasteiger partial charge is 0.405 e. The van der Waals surface area contributed by atoms with Crippen molar-refractivity contribution < 1.29 is 17.9 Å². The zero-order valence-corrected chi connectivity index (χ0v) is 9.14. The maximum Gasteiger partial charge on any atom is 0.573 e. The molecule has 16 heavy (non-hydrogen) atoms. The van der Waals surface area contributed by atoms with Crippen LogP contribution in [0.1, 0.15) is 25.5 Å². The lowest BCUT2D eigenvalue weighted by Crippen LogP contribution is -2.22. The van der Waals surface area contributed by atoms with Crippen LogP contribution in [0.15, 0.2) is 24.3 Å². The van der Waals surface area contributed by atoms with Crippen molar-refractivity contribution in [2.45, 2.75) is 26.3 Å². The monoisotopic (exact) mass is 233 g/mol. The Balaban J connectivity index is 2.91. The number of benzene rings is 1. The predicted octanol–water partition coefficient (Wildman–Crippen LogP) is 3.26. The van der Waals surface area contributed by atoms with Crippen molar-refractivity contribution in [3.05, 3.63) is 29.8 Å². The summed E-state index contributed by atoms with van der Waals surface area (Å²) >= 11 is 0. The highest BCUT2D eigenvalue weighted by Gasteiger charge is 2.32. The van der Waals surface area contributed by atoms with Crippen molar-refractivity contribution in [1.82, 2.24) is 5.32 Å². The Hall–Kier alpha value is -1.23. The molecule has 0 amide bonds. The predicted molar refractivity (Wildman–Crippen MR) is 55.2 cm³/mol. The molecule has 0 saturated heterocycles. The molecule has 0 saturated carbocycles. The molecule has 0 aliphatic rings. The van der Waals surface area contributed by atoms with Crippen LogP contribution in [0.2, 0.25) is 0 Å². The quantitative estimate of drug-likeness (QED) is 0.861. The van der Waals surface area contributed by atoms with Crippen molar-refractivity contribution >= 4 is 0 Å². The molecular weight excluding hydrogens is 219 g/mol. The fourth-order valence-corrected chi connectivity index (χ4v) is 1.47. The van der Waals surface area contributed by atoms with Crippen molar-refractivity contribution in [2.75, 3.05) is 6.54 Å². The van der Waals surface area contributed by atoms with Crippen LogP contribution in [-0.2, 0) is 0 Å². The number of nitrogens with one attached hydrogen (secondary N) is 1. The molecule has 1 rings (SSSR count). The Morgan fingerprint density at radius 3 is 2.50 bits per heavy atom. The lowest BCUT2D eigenvalue weighted by molar-refractivity contribution is -0.275. The van der Waals surface area contributed by atoms with Crippen molar-refractivity contribution in [3.8, 4) is 5.75 Å². The van der Waals surface area contributed by atoms with E-state index in [1.54, 1.807) is 19.1 Å². The van der Waals surface area contributed by atoms with Crippen molar-refractivity contribution in [2.24, 2.45) is 0 Å². The van der Waals surface area contributed by atoms with Gasteiger partial charge in [0.15, 0.2) is 0 Å². The third kappa shape index (κ3) is 3.73. The second-order valence-electron chi connectivity index (χ2n) is 3.36. The molecule has 1 unspecified atom stereocenters. The summed E-state index contributed by atoms with van der Waals surface area (Å²) in [5.74, 6) is -0.150. The highest BCUT2D eigenvalue weighted by Crippen LogP contribution is 2.29. The van der Waals surface area contributed by atoms with Crippen LogP contribution >= 0.6 is 0 Å². The first-order chi connectivity index (χ1) is 7.44. The average Bonchev–Trinajstić information content (AvgIpc) is 2.16. The highest BCUT2D eigenvalue weighted by atomic mass is 19.4. The van der Waals surface area contributed by atoms with Crippen molar-refractivity contribution in [1.29, 1.82) is 0 Å². The van der Waals surface area contributed by atoms with Gasteiger partial charge in [-0.1, -0.05) is 25.1 Å². The van der Waals surface area contributed by atoms with E-state index >= 15 is 0 Å². The Kier molecular flexibility index (Phi) is 4.18. The number of ether oxygens (including phenoxy) is 1. The topological polar surface area (TPSA) is 21.3 Å². The molecule has 0 aliphatic carbocycles. The number of rotatable bonds is 4. The molecule has 0 heterocycles. The highest BCUT2D eigenvalue weighted by molar-refractivity contribution is 5.35. The summed E-state index contributed by atoms with van der Waals surface area (Å²) in [5, 5.41) is 3.04. The molecule has 90 valence electrons. The molecule has 1 N–H and O–H groups in total. The summed E-state index contributed by atoms with van der Waals surface area (Å²) in [6.07, 6.45) is -4.65. The van der Waals surface area contributed by atoms with Gasteiger partial charge in [-0.2, -0.15) is 0 Å². The summed E-state index contributed by atoms with van der Waals surface area (Å²) < 4.78 is 40.3. The molecule has 0 spiro atoms. The van der Waals surface area contributed by atoms with Gasteiger partial charge in [0.1, 0.15) is 5.75 Å². The molecule has 1 aromatic rings. The van der Waals surface area contributed by atoms with E-state index in [9.17, 15) is 13.2 Å². The van der Waals surface area contributed by atoms with E-state index in [1.165, 1.54) is 12.1 Å². The van der Waals surface area contributed by atoms with Crippen LogP contribution < -0.4 is 10.1 Å². The zero-order chi connectivity index (χ0) is 12.2. The number of alkyl halides is 3. The normalized spacial score (nSPS) is 13.6. The Bertz CT molecular complexity index is 338. The molecule has 0 radical (unpaired) electrons. The first-order valence-corrected chi connectivity index (χ1v) is 5.02. The van der Waals surface area contributed by atoms with E-state index in [0.717, 1.165) is 0 Å². The summed E-state index contributed by atoms with van der Waals surface area (Å²) in [4.78, 5) is 0. The summed E-state index contributed by atoms with van der Waals surface area (Å²) in [6, 6.07) is 5.96. The molecule has 2 nitrogen and oxygen atoms in total. The van der Waals surface area contributed by atoms with E-state index in [4.69, 9.17) is 0 Å². The number of halogens is 3. The molecule has 0 aromatic heterocycles. The summed E-state index contributed by atoms with van der Waals surface area (Å²) in [6.45, 7) is 4.37. The SMILES string of the molecule is CCNC(C)c1ccccc1OC(F)(F)F. The lowest BCUT2D eigenvalue weighted by atomic mass is 10.1. The largest absolute Gasteiger partial charge is 0.573 e. The third-order valence-electron chi connectivity index (χ3n) is 2.12. The minimum Gasteiger partial charge on any atom is -0.405 e. The molecule has 0 aliphatic heterocycles. The van der Waals surface area contributed by atoms with Gasteiger partial charge in [0, 0.05) is 11.6 Å². The van der Waals surface area contributed by atoms with Gasteiger partial charge in [-0.25, -0.2) is 0 Å². The van der Waals surface area contributed by atoms with Gasteiger partial charge in [-0.15, -0.1) is 13.2 Å². The molecule has 0 bridgehead atoms. The van der Waals surface area contributed by atoms with Crippen LogP contribution in [-0.4, -0.2) is 12.9 Å². The van der Waals surface area contributed by atoms with Crippen molar-refractivity contribution in [3.63, 3.8) is 0 Å². The first kappa shape index (κ1) is 12.8. The van der Waals surface area contributed by atoms with Crippen LogP contribution in [0.25, 0.3) is 0 Å². The summed E-state index contributed by atoms with van der Waals surface area (Å²) in [7, 11) is 0. The molecular formula is C11H14F3NO. The Morgan fingerprint density at radius 1 is 1.31 bits per heavy atom. The van der Waals surface area contributed by atoms with E-state index in [0.29, 0.717) is 12.1 Å². The molecule has 0 fully saturated rings. The van der Waals surface area contributed by atoms with Crippen LogP contribution in [0.3, 0.4) is 0 Å². The van der Waals surface area contributed by atoms with Gasteiger partial charge in [-0.3, -0.25) is 0 Å². The van der Waals surface area contributed by atoms with E-state index < -0.39 is 6.36 Å². The number of para-hydroxylation sites is 1. The number of hydrogen-bond donors (Lipinski definition) is 1. The zero-order valence-electron chi connectivity index (χ0n) is 9.14. The lowest BCUT2D eigenvalue weighted by Gasteiger charge is -2.18. The second-order valence-corrected chi connectivity index (χ2v) is 3.36. The molecule has 1 aromatic carbocycles. The molecule has 1 atom stereocenters. The van der Waals surface area contributed by atoms with E-state index in [1.807, 2.05) is 6.92 Å². The second kappa shape index (κ2) is 5.21. The summed E-state index contributed by atoms with van der Waals surface area (Å²) in [5.41, 5.74) is 0.502. The maximum atomic E-state index is 12.1. The minimum atomic E-state index is -4.65. The first-order valence-electron chi connectivity index (χ1n) is 5.02. The van der Waals surface area contributed by atoms with E-state index in [2.05, 4.69) is 10.1 Å². The van der Waals surface area contributed by atoms with Crippen LogP contribution in [0.5, 0.6) is 5.75 Å². The van der Waals surface area contributed by atoms with Gasteiger partial charge in [-0.05, 0) is 19.5 Å². The fraction of sp³-hybridized carbons (Fsp3) is 0.455. The van der Waals surface area contributed by atoms with Gasteiger partial charge < -0.3 is 10.1 Å². The standard InChI is InChI=1S/C11H14F3NO/c1-3-15-8(2)9-6-4-5-7-10(9)16-11(12,13)14/h4-8,15H,3H2,1-2H3. The Labute approximate surface area is 92.4 Å². The van der Waals surface area contributed by atoms with Crippen LogP contribution in [0, 0.1) is 0 Å². The maximum absolute atomic E-state index is 12.1. The van der Waals surface area contributed by atoms with Gasteiger partial charge in [0.05, 0.1) is 0 Å². The minimum absolute atomic E-state index is 0.150. The van der Waals surface area contributed by atoms with Gasteiger partial charge in [0.2, 0.25) is 0 Å².